The highest BCUT2D eigenvalue weighted by molar-refractivity contribution is 6.31. The molecule has 0 unspecified atom stereocenters. The van der Waals surface area contributed by atoms with Gasteiger partial charge in [0.2, 0.25) is 5.91 Å². The minimum atomic E-state index is -0.383. The third-order valence-corrected chi connectivity index (χ3v) is 4.12. The van der Waals surface area contributed by atoms with Crippen molar-refractivity contribution in [1.82, 2.24) is 4.98 Å². The normalized spacial score (nSPS) is 13.1. The van der Waals surface area contributed by atoms with Gasteiger partial charge in [0.05, 0.1) is 12.8 Å². The number of anilines is 2. The molecule has 0 aliphatic carbocycles. The molecule has 0 saturated carbocycles. The number of pyridine rings is 1. The van der Waals surface area contributed by atoms with E-state index in [9.17, 15) is 9.59 Å². The van der Waals surface area contributed by atoms with Crippen LogP contribution in [0, 0.1) is 6.92 Å². The van der Waals surface area contributed by atoms with Crippen LogP contribution in [-0.4, -0.2) is 37.1 Å². The van der Waals surface area contributed by atoms with Gasteiger partial charge in [-0.25, -0.2) is 4.98 Å². The maximum atomic E-state index is 12.4. The molecule has 25 heavy (non-hydrogen) atoms. The Balaban J connectivity index is 1.80. The Morgan fingerprint density at radius 2 is 2.28 bits per heavy atom. The minimum absolute atomic E-state index is 0.130. The lowest BCUT2D eigenvalue weighted by atomic mass is 10.2. The lowest BCUT2D eigenvalue weighted by Gasteiger charge is -2.27. The quantitative estimate of drug-likeness (QED) is 0.904. The third-order valence-electron chi connectivity index (χ3n) is 3.72. The van der Waals surface area contributed by atoms with Crippen molar-refractivity contribution in [3.63, 3.8) is 0 Å². The first kappa shape index (κ1) is 17.0. The minimum Gasteiger partial charge on any atom is -0.495 e. The van der Waals surface area contributed by atoms with Crippen LogP contribution < -0.4 is 19.7 Å². The highest BCUT2D eigenvalue weighted by Crippen LogP contribution is 2.32. The second-order valence-corrected chi connectivity index (χ2v) is 5.85. The van der Waals surface area contributed by atoms with Crippen molar-refractivity contribution >= 4 is 34.9 Å². The van der Waals surface area contributed by atoms with Crippen molar-refractivity contribution in [2.45, 2.75) is 6.92 Å². The molecule has 130 valence electrons. The Kier molecular flexibility index (Phi) is 4.76. The molecule has 3 rings (SSSR count). The molecule has 2 heterocycles. The molecule has 1 aliphatic heterocycles. The summed E-state index contributed by atoms with van der Waals surface area (Å²) in [5.74, 6) is 0.520. The SMILES string of the molecule is COc1cc(Cl)c(C)cc1NC(=O)CN1C(=O)COc2cccnc21. The number of carbonyl (C=O) groups excluding carboxylic acids is 2. The summed E-state index contributed by atoms with van der Waals surface area (Å²) >= 11 is 6.06. The fourth-order valence-electron chi connectivity index (χ4n) is 2.46. The van der Waals surface area contributed by atoms with Crippen molar-refractivity contribution in [2.75, 3.05) is 30.5 Å². The molecule has 0 radical (unpaired) electrons. The Labute approximate surface area is 149 Å². The number of benzene rings is 1. The van der Waals surface area contributed by atoms with Crippen LogP contribution in [0.3, 0.4) is 0 Å². The third kappa shape index (κ3) is 3.51. The van der Waals surface area contributed by atoms with E-state index >= 15 is 0 Å². The first-order valence-corrected chi connectivity index (χ1v) is 7.89. The van der Waals surface area contributed by atoms with Crippen molar-refractivity contribution in [1.29, 1.82) is 0 Å². The first-order chi connectivity index (χ1) is 12.0. The van der Waals surface area contributed by atoms with Crippen molar-refractivity contribution in [3.05, 3.63) is 41.0 Å². The number of hydrogen-bond acceptors (Lipinski definition) is 5. The van der Waals surface area contributed by atoms with Crippen LogP contribution in [0.4, 0.5) is 11.5 Å². The molecule has 1 aromatic carbocycles. The summed E-state index contributed by atoms with van der Waals surface area (Å²) in [6, 6.07) is 6.75. The van der Waals surface area contributed by atoms with Gasteiger partial charge < -0.3 is 14.8 Å². The van der Waals surface area contributed by atoms with E-state index in [0.29, 0.717) is 28.0 Å². The molecule has 7 nitrogen and oxygen atoms in total. The summed E-state index contributed by atoms with van der Waals surface area (Å²) in [6.07, 6.45) is 1.54. The summed E-state index contributed by atoms with van der Waals surface area (Å²) in [6.45, 7) is 1.51. The molecule has 1 aromatic heterocycles. The fourth-order valence-corrected chi connectivity index (χ4v) is 2.61. The predicted molar refractivity (Wildman–Crippen MR) is 93.5 cm³/mol. The smallest absolute Gasteiger partial charge is 0.266 e. The highest BCUT2D eigenvalue weighted by Gasteiger charge is 2.28. The Hall–Kier alpha value is -2.80. The average Bonchev–Trinajstić information content (AvgIpc) is 2.60. The van der Waals surface area contributed by atoms with Crippen molar-refractivity contribution in [3.8, 4) is 11.5 Å². The van der Waals surface area contributed by atoms with Crippen LogP contribution >= 0.6 is 11.6 Å². The number of amides is 2. The van der Waals surface area contributed by atoms with E-state index < -0.39 is 0 Å². The maximum absolute atomic E-state index is 12.4. The van der Waals surface area contributed by atoms with E-state index in [1.807, 2.05) is 6.92 Å². The largest absolute Gasteiger partial charge is 0.495 e. The average molecular weight is 362 g/mol. The van der Waals surface area contributed by atoms with Gasteiger partial charge in [-0.2, -0.15) is 0 Å². The van der Waals surface area contributed by atoms with E-state index in [1.165, 1.54) is 18.2 Å². The topological polar surface area (TPSA) is 80.8 Å². The Morgan fingerprint density at radius 3 is 3.04 bits per heavy atom. The van der Waals surface area contributed by atoms with Gasteiger partial charge in [-0.05, 0) is 30.7 Å². The van der Waals surface area contributed by atoms with Gasteiger partial charge in [0, 0.05) is 17.3 Å². The number of carbonyl (C=O) groups is 2. The standard InChI is InChI=1S/C17H16ClN3O4/c1-10-6-12(14(24-2)7-11(10)18)20-15(22)8-21-16(23)9-25-13-4-3-5-19-17(13)21/h3-7H,8-9H2,1-2H3,(H,20,22). The molecule has 2 amide bonds. The molecule has 0 fully saturated rings. The van der Waals surface area contributed by atoms with Gasteiger partial charge in [-0.3, -0.25) is 14.5 Å². The van der Waals surface area contributed by atoms with Gasteiger partial charge in [0.1, 0.15) is 12.3 Å². The molecule has 0 atom stereocenters. The van der Waals surface area contributed by atoms with Gasteiger partial charge in [0.15, 0.2) is 18.2 Å². The lowest BCUT2D eigenvalue weighted by Crippen LogP contribution is -2.44. The lowest BCUT2D eigenvalue weighted by molar-refractivity contribution is -0.123. The van der Waals surface area contributed by atoms with E-state index in [1.54, 1.807) is 24.3 Å². The number of hydrogen-bond donors (Lipinski definition) is 1. The van der Waals surface area contributed by atoms with E-state index in [2.05, 4.69) is 10.3 Å². The summed E-state index contributed by atoms with van der Waals surface area (Å²) in [4.78, 5) is 30.0. The highest BCUT2D eigenvalue weighted by atomic mass is 35.5. The molecular formula is C17H16ClN3O4. The van der Waals surface area contributed by atoms with Gasteiger partial charge >= 0.3 is 0 Å². The zero-order chi connectivity index (χ0) is 18.0. The van der Waals surface area contributed by atoms with Crippen molar-refractivity contribution in [2.24, 2.45) is 0 Å². The predicted octanol–water partition coefficient (Wildman–Crippen LogP) is 2.42. The number of halogens is 1. The molecule has 2 aromatic rings. The number of fused-ring (bicyclic) bond motifs is 1. The zero-order valence-electron chi connectivity index (χ0n) is 13.7. The second-order valence-electron chi connectivity index (χ2n) is 5.44. The number of nitrogens with zero attached hydrogens (tertiary/aromatic N) is 2. The van der Waals surface area contributed by atoms with Crippen LogP contribution in [0.25, 0.3) is 0 Å². The second kappa shape index (κ2) is 6.98. The summed E-state index contributed by atoms with van der Waals surface area (Å²) in [7, 11) is 1.49. The molecular weight excluding hydrogens is 346 g/mol. The molecule has 8 heteroatoms. The number of methoxy groups -OCH3 is 1. The number of rotatable bonds is 4. The van der Waals surface area contributed by atoms with Crippen molar-refractivity contribution < 1.29 is 19.1 Å². The number of ether oxygens (including phenoxy) is 2. The summed E-state index contributed by atoms with van der Waals surface area (Å²) in [5.41, 5.74) is 1.28. The van der Waals surface area contributed by atoms with Gasteiger partial charge in [0.25, 0.3) is 5.91 Å². The molecule has 0 spiro atoms. The summed E-state index contributed by atoms with van der Waals surface area (Å²) < 4.78 is 10.5. The zero-order valence-corrected chi connectivity index (χ0v) is 14.5. The van der Waals surface area contributed by atoms with Crippen LogP contribution in [0.15, 0.2) is 30.5 Å². The fraction of sp³-hybridized carbons (Fsp3) is 0.235. The number of nitrogens with one attached hydrogen (secondary N) is 1. The van der Waals surface area contributed by atoms with E-state index in [0.717, 1.165) is 5.56 Å². The van der Waals surface area contributed by atoms with E-state index in [4.69, 9.17) is 21.1 Å². The number of aryl methyl sites for hydroxylation is 1. The van der Waals surface area contributed by atoms with Crippen LogP contribution in [-0.2, 0) is 9.59 Å². The van der Waals surface area contributed by atoms with E-state index in [-0.39, 0.29) is 25.0 Å². The van der Waals surface area contributed by atoms with Crippen LogP contribution in [0.1, 0.15) is 5.56 Å². The molecule has 0 saturated heterocycles. The maximum Gasteiger partial charge on any atom is 0.266 e. The monoisotopic (exact) mass is 361 g/mol. The molecule has 1 aliphatic rings. The molecule has 1 N–H and O–H groups in total. The number of aromatic nitrogens is 1. The Morgan fingerprint density at radius 1 is 1.48 bits per heavy atom. The van der Waals surface area contributed by atoms with Gasteiger partial charge in [-0.1, -0.05) is 11.6 Å². The summed E-state index contributed by atoms with van der Waals surface area (Å²) in [5, 5.41) is 3.28. The van der Waals surface area contributed by atoms with Gasteiger partial charge in [-0.15, -0.1) is 0 Å². The Bertz CT molecular complexity index is 841. The van der Waals surface area contributed by atoms with Crippen LogP contribution in [0.2, 0.25) is 5.02 Å². The first-order valence-electron chi connectivity index (χ1n) is 7.51. The molecule has 0 bridgehead atoms. The van der Waals surface area contributed by atoms with Crippen LogP contribution in [0.5, 0.6) is 11.5 Å².